The number of rotatable bonds is 3. The molecular weight excluding hydrogens is 353 g/mol. The van der Waals surface area contributed by atoms with Crippen LogP contribution >= 0.6 is 0 Å². The first kappa shape index (κ1) is 18.3. The van der Waals surface area contributed by atoms with E-state index in [2.05, 4.69) is 0 Å². The summed E-state index contributed by atoms with van der Waals surface area (Å²) in [5, 5.41) is 0. The number of carbonyl (C=O) groups excluding carboxylic acids is 2. The zero-order valence-electron chi connectivity index (χ0n) is 14.0. The van der Waals surface area contributed by atoms with Gasteiger partial charge in [0.2, 0.25) is 0 Å². The van der Waals surface area contributed by atoms with Crippen LogP contribution in [0.25, 0.3) is 0 Å². The minimum atomic E-state index is -4.65. The van der Waals surface area contributed by atoms with E-state index in [4.69, 9.17) is 0 Å². The average molecular weight is 372 g/mol. The Labute approximate surface area is 146 Å². The fraction of sp³-hybridized carbons (Fsp3) is 0.556. The normalized spacial score (nSPS) is 27.4. The first-order valence-corrected chi connectivity index (χ1v) is 9.79. The molecular formula is C18H19F3O3S. The van der Waals surface area contributed by atoms with Crippen LogP contribution in [0.2, 0.25) is 0 Å². The number of carbonyl (C=O) groups is 2. The van der Waals surface area contributed by atoms with Crippen molar-refractivity contribution in [2.24, 2.45) is 17.8 Å². The lowest BCUT2D eigenvalue weighted by molar-refractivity contribution is -0.140. The van der Waals surface area contributed by atoms with Crippen LogP contribution in [0, 0.1) is 24.7 Å². The molecule has 3 rings (SSSR count). The second-order valence-corrected chi connectivity index (χ2v) is 8.31. The van der Waals surface area contributed by atoms with Crippen molar-refractivity contribution in [1.82, 2.24) is 0 Å². The van der Waals surface area contributed by atoms with Gasteiger partial charge in [-0.2, -0.15) is 13.2 Å². The number of fused-ring (bicyclic) bond motifs is 2. The zero-order chi connectivity index (χ0) is 18.5. The smallest absolute Gasteiger partial charge is 0.299 e. The number of hydrogen-bond donors (Lipinski definition) is 0. The van der Waals surface area contributed by atoms with Crippen molar-refractivity contribution < 1.29 is 27.0 Å². The molecule has 4 atom stereocenters. The van der Waals surface area contributed by atoms with Crippen molar-refractivity contribution in [3.63, 3.8) is 0 Å². The first-order chi connectivity index (χ1) is 11.6. The van der Waals surface area contributed by atoms with Crippen LogP contribution in [0.3, 0.4) is 0 Å². The molecule has 0 saturated heterocycles. The summed E-state index contributed by atoms with van der Waals surface area (Å²) in [7, 11) is -1.90. The van der Waals surface area contributed by atoms with Crippen molar-refractivity contribution in [3.8, 4) is 0 Å². The Balaban J connectivity index is 2.03. The van der Waals surface area contributed by atoms with Crippen molar-refractivity contribution in [2.45, 2.75) is 43.7 Å². The Kier molecular flexibility index (Phi) is 4.64. The molecule has 25 heavy (non-hydrogen) atoms. The average Bonchev–Trinajstić information content (AvgIpc) is 2.92. The summed E-state index contributed by atoms with van der Waals surface area (Å²) in [6, 6.07) is 1.93. The van der Waals surface area contributed by atoms with E-state index in [0.717, 1.165) is 37.7 Å². The molecule has 0 radical (unpaired) electrons. The number of ketones is 2. The fourth-order valence-electron chi connectivity index (χ4n) is 4.26. The monoisotopic (exact) mass is 372 g/mol. The molecule has 7 heteroatoms. The summed E-state index contributed by atoms with van der Waals surface area (Å²) in [4.78, 5) is 25.0. The molecule has 0 amide bonds. The molecule has 1 aromatic carbocycles. The highest BCUT2D eigenvalue weighted by Gasteiger charge is 2.44. The molecule has 0 N–H and O–H groups in total. The molecule has 2 aliphatic rings. The third-order valence-electron chi connectivity index (χ3n) is 5.44. The van der Waals surface area contributed by atoms with Gasteiger partial charge in [-0.05, 0) is 50.2 Å². The fourth-order valence-corrected chi connectivity index (χ4v) is 5.29. The summed E-state index contributed by atoms with van der Waals surface area (Å²) in [6.45, 7) is 1.38. The second-order valence-electron chi connectivity index (χ2n) is 7.00. The third-order valence-corrected chi connectivity index (χ3v) is 6.54. The van der Waals surface area contributed by atoms with E-state index in [1.165, 1.54) is 6.92 Å². The summed E-state index contributed by atoms with van der Waals surface area (Å²) < 4.78 is 51.4. The molecule has 4 unspecified atom stereocenters. The van der Waals surface area contributed by atoms with Gasteiger partial charge in [-0.15, -0.1) is 0 Å². The molecule has 2 saturated carbocycles. The molecule has 0 heterocycles. The third kappa shape index (κ3) is 3.18. The van der Waals surface area contributed by atoms with Crippen LogP contribution in [0.4, 0.5) is 13.2 Å². The predicted octanol–water partition coefficient (Wildman–Crippen LogP) is 3.94. The van der Waals surface area contributed by atoms with Crippen molar-refractivity contribution in [2.75, 3.05) is 6.26 Å². The number of alkyl halides is 3. The molecule has 3 nitrogen and oxygen atoms in total. The maximum absolute atomic E-state index is 13.2. The number of Topliss-reactive ketones (excluding diaryl/α,β-unsaturated/α-hetero) is 2. The van der Waals surface area contributed by atoms with E-state index in [-0.39, 0.29) is 27.7 Å². The highest BCUT2D eigenvalue weighted by atomic mass is 32.2. The van der Waals surface area contributed by atoms with Gasteiger partial charge in [-0.1, -0.05) is 6.07 Å². The Morgan fingerprint density at radius 1 is 1.20 bits per heavy atom. The van der Waals surface area contributed by atoms with Crippen LogP contribution in [0.1, 0.15) is 47.2 Å². The topological polar surface area (TPSA) is 51.2 Å². The number of halogens is 3. The molecule has 2 fully saturated rings. The summed E-state index contributed by atoms with van der Waals surface area (Å²) in [5.41, 5.74) is -0.846. The Bertz CT molecular complexity index is 770. The predicted molar refractivity (Wildman–Crippen MR) is 86.8 cm³/mol. The second kappa shape index (κ2) is 6.34. The van der Waals surface area contributed by atoms with Gasteiger partial charge in [-0.3, -0.25) is 13.8 Å². The number of benzene rings is 1. The van der Waals surface area contributed by atoms with Gasteiger partial charge in [-0.25, -0.2) is 0 Å². The molecule has 0 aromatic heterocycles. The van der Waals surface area contributed by atoms with Gasteiger partial charge in [0.1, 0.15) is 5.78 Å². The van der Waals surface area contributed by atoms with E-state index < -0.39 is 34.2 Å². The maximum Gasteiger partial charge on any atom is 0.417 e. The van der Waals surface area contributed by atoms with Crippen LogP contribution in [0.15, 0.2) is 17.0 Å². The van der Waals surface area contributed by atoms with Gasteiger partial charge in [0.25, 0.3) is 0 Å². The Morgan fingerprint density at radius 3 is 2.48 bits per heavy atom. The molecule has 136 valence electrons. The lowest BCUT2D eigenvalue weighted by Crippen LogP contribution is -2.34. The highest BCUT2D eigenvalue weighted by molar-refractivity contribution is 7.84. The molecule has 0 spiro atoms. The standard InChI is InChI=1S/C18H19F3O3S/c1-9-12(5-6-14(18(19,20)21)17(9)25(2)24)16(23)13-8-10-3-4-11(7-10)15(13)22/h5-6,10-11,13H,3-4,7-8H2,1-2H3. The molecule has 0 aliphatic heterocycles. The van der Waals surface area contributed by atoms with Gasteiger partial charge in [0.15, 0.2) is 5.78 Å². The molecule has 2 bridgehead atoms. The quantitative estimate of drug-likeness (QED) is 0.597. The highest BCUT2D eigenvalue weighted by Crippen LogP contribution is 2.44. The Hall–Kier alpha value is -1.50. The lowest BCUT2D eigenvalue weighted by Gasteiger charge is -2.26. The zero-order valence-corrected chi connectivity index (χ0v) is 14.8. The van der Waals surface area contributed by atoms with Crippen molar-refractivity contribution in [3.05, 3.63) is 28.8 Å². The van der Waals surface area contributed by atoms with E-state index in [9.17, 15) is 27.0 Å². The summed E-state index contributed by atoms with van der Waals surface area (Å²) >= 11 is 0. The number of hydrogen-bond acceptors (Lipinski definition) is 3. The van der Waals surface area contributed by atoms with E-state index in [1.807, 2.05) is 0 Å². The summed E-state index contributed by atoms with van der Waals surface area (Å²) in [6.07, 6.45) is -0.469. The first-order valence-electron chi connectivity index (χ1n) is 8.23. The minimum absolute atomic E-state index is 0.0615. The van der Waals surface area contributed by atoms with Crippen LogP contribution in [-0.4, -0.2) is 22.0 Å². The Morgan fingerprint density at radius 2 is 1.88 bits per heavy atom. The largest absolute Gasteiger partial charge is 0.417 e. The lowest BCUT2D eigenvalue weighted by atomic mass is 9.76. The van der Waals surface area contributed by atoms with Gasteiger partial charge in [0.05, 0.1) is 27.2 Å². The maximum atomic E-state index is 13.2. The van der Waals surface area contributed by atoms with Crippen molar-refractivity contribution in [1.29, 1.82) is 0 Å². The van der Waals surface area contributed by atoms with E-state index >= 15 is 0 Å². The molecule has 2 aliphatic carbocycles. The minimum Gasteiger partial charge on any atom is -0.299 e. The van der Waals surface area contributed by atoms with Crippen molar-refractivity contribution >= 4 is 22.4 Å². The van der Waals surface area contributed by atoms with Crippen LogP contribution in [0.5, 0.6) is 0 Å². The SMILES string of the molecule is Cc1c(C(=O)C2CC3CCC(C3)C2=O)ccc(C(F)(F)F)c1S(C)=O. The van der Waals surface area contributed by atoms with E-state index in [1.54, 1.807) is 0 Å². The van der Waals surface area contributed by atoms with Gasteiger partial charge in [0, 0.05) is 17.7 Å². The summed E-state index contributed by atoms with van der Waals surface area (Å²) in [5.74, 6) is -1.05. The van der Waals surface area contributed by atoms with Crippen LogP contribution in [-0.2, 0) is 21.8 Å². The molecule has 1 aromatic rings. The van der Waals surface area contributed by atoms with E-state index in [0.29, 0.717) is 12.3 Å². The van der Waals surface area contributed by atoms with Gasteiger partial charge < -0.3 is 0 Å². The van der Waals surface area contributed by atoms with Gasteiger partial charge >= 0.3 is 6.18 Å². The van der Waals surface area contributed by atoms with Crippen LogP contribution < -0.4 is 0 Å².